The van der Waals surface area contributed by atoms with Crippen LogP contribution in [0.4, 0.5) is 0 Å². The number of likely N-dealkylation sites (N-methyl/N-ethyl adjacent to an activating group) is 1. The van der Waals surface area contributed by atoms with Crippen LogP contribution in [-0.2, 0) is 0 Å². The van der Waals surface area contributed by atoms with Gasteiger partial charge >= 0.3 is 0 Å². The van der Waals surface area contributed by atoms with Gasteiger partial charge < -0.3 is 10.2 Å². The number of nitrogens with one attached hydrogen (secondary N) is 1. The van der Waals surface area contributed by atoms with E-state index < -0.39 is 0 Å². The second-order valence-electron chi connectivity index (χ2n) is 7.81. The second kappa shape index (κ2) is 7.24. The Balaban J connectivity index is 1.88. The molecule has 1 N–H and O–H groups in total. The summed E-state index contributed by atoms with van der Waals surface area (Å²) in [6.07, 6.45) is 5.73. The number of piperazine rings is 1. The molecule has 0 aromatic rings. The van der Waals surface area contributed by atoms with Gasteiger partial charge in [-0.1, -0.05) is 26.7 Å². The lowest BCUT2D eigenvalue weighted by Crippen LogP contribution is -2.54. The first-order chi connectivity index (χ1) is 9.51. The topological polar surface area (TPSA) is 18.5 Å². The maximum Gasteiger partial charge on any atom is 0.0195 e. The summed E-state index contributed by atoms with van der Waals surface area (Å²) in [5, 5.41) is 3.74. The molecule has 20 heavy (non-hydrogen) atoms. The molecule has 1 saturated carbocycles. The molecule has 0 amide bonds. The Labute approximate surface area is 126 Å². The van der Waals surface area contributed by atoms with Gasteiger partial charge in [-0.15, -0.1) is 0 Å². The standard InChI is InChI=1S/C17H35N3/c1-15(2)11-18-13-17(7-5-6-8-17)14-20-10-9-19(4)12-16(20)3/h15-16,18H,5-14H2,1-4H3. The average Bonchev–Trinajstić information content (AvgIpc) is 2.81. The van der Waals surface area contributed by atoms with Crippen molar-refractivity contribution >= 4 is 0 Å². The lowest BCUT2D eigenvalue weighted by Gasteiger charge is -2.43. The highest BCUT2D eigenvalue weighted by Crippen LogP contribution is 2.39. The van der Waals surface area contributed by atoms with Crippen LogP contribution in [0.5, 0.6) is 0 Å². The number of rotatable bonds is 6. The second-order valence-corrected chi connectivity index (χ2v) is 7.81. The fourth-order valence-corrected chi connectivity index (χ4v) is 3.98. The van der Waals surface area contributed by atoms with Gasteiger partial charge in [-0.25, -0.2) is 0 Å². The van der Waals surface area contributed by atoms with Crippen molar-refractivity contribution in [2.45, 2.75) is 52.5 Å². The van der Waals surface area contributed by atoms with E-state index in [4.69, 9.17) is 0 Å². The summed E-state index contributed by atoms with van der Waals surface area (Å²) in [5.41, 5.74) is 0.555. The van der Waals surface area contributed by atoms with E-state index >= 15 is 0 Å². The molecule has 1 aliphatic carbocycles. The molecule has 3 heteroatoms. The van der Waals surface area contributed by atoms with Crippen LogP contribution in [0.2, 0.25) is 0 Å². The molecule has 0 aromatic carbocycles. The largest absolute Gasteiger partial charge is 0.316 e. The summed E-state index contributed by atoms with van der Waals surface area (Å²) in [6.45, 7) is 14.4. The van der Waals surface area contributed by atoms with Crippen LogP contribution in [0.25, 0.3) is 0 Å². The Bertz CT molecular complexity index is 284. The zero-order chi connectivity index (χ0) is 14.6. The van der Waals surface area contributed by atoms with Crippen LogP contribution in [0, 0.1) is 11.3 Å². The molecule has 2 fully saturated rings. The number of hydrogen-bond donors (Lipinski definition) is 1. The van der Waals surface area contributed by atoms with Gasteiger partial charge in [-0.3, -0.25) is 4.90 Å². The Morgan fingerprint density at radius 3 is 2.50 bits per heavy atom. The lowest BCUT2D eigenvalue weighted by atomic mass is 9.84. The average molecular weight is 281 g/mol. The maximum absolute atomic E-state index is 3.74. The molecule has 0 spiro atoms. The zero-order valence-electron chi connectivity index (χ0n) is 14.1. The highest BCUT2D eigenvalue weighted by molar-refractivity contribution is 4.92. The molecular formula is C17H35N3. The molecule has 1 unspecified atom stereocenters. The van der Waals surface area contributed by atoms with Gasteiger partial charge in [0.1, 0.15) is 0 Å². The van der Waals surface area contributed by atoms with Crippen molar-refractivity contribution in [3.8, 4) is 0 Å². The van der Waals surface area contributed by atoms with Crippen molar-refractivity contribution in [2.24, 2.45) is 11.3 Å². The fraction of sp³-hybridized carbons (Fsp3) is 1.00. The third-order valence-electron chi connectivity index (χ3n) is 5.22. The van der Waals surface area contributed by atoms with Crippen molar-refractivity contribution in [3.63, 3.8) is 0 Å². The third-order valence-corrected chi connectivity index (χ3v) is 5.22. The van der Waals surface area contributed by atoms with Crippen molar-refractivity contribution < 1.29 is 0 Å². The van der Waals surface area contributed by atoms with E-state index in [-0.39, 0.29) is 0 Å². The van der Waals surface area contributed by atoms with Crippen molar-refractivity contribution in [1.82, 2.24) is 15.1 Å². The summed E-state index contributed by atoms with van der Waals surface area (Å²) >= 11 is 0. The molecule has 1 atom stereocenters. The normalized spacial score (nSPS) is 28.4. The lowest BCUT2D eigenvalue weighted by molar-refractivity contribution is 0.0550. The summed E-state index contributed by atoms with van der Waals surface area (Å²) in [5.74, 6) is 0.760. The van der Waals surface area contributed by atoms with Gasteiger partial charge in [0.2, 0.25) is 0 Å². The van der Waals surface area contributed by atoms with Crippen LogP contribution in [0.3, 0.4) is 0 Å². The SMILES string of the molecule is CC(C)CNCC1(CN2CCN(C)CC2C)CCCC1. The smallest absolute Gasteiger partial charge is 0.0195 e. The van der Waals surface area contributed by atoms with Crippen LogP contribution < -0.4 is 5.32 Å². The minimum absolute atomic E-state index is 0.555. The molecule has 118 valence electrons. The van der Waals surface area contributed by atoms with Gasteiger partial charge in [0.15, 0.2) is 0 Å². The first-order valence-electron chi connectivity index (χ1n) is 8.64. The van der Waals surface area contributed by atoms with E-state index in [2.05, 4.69) is 42.9 Å². The molecule has 2 rings (SSSR count). The Hall–Kier alpha value is -0.120. The van der Waals surface area contributed by atoms with Gasteiger partial charge in [0.25, 0.3) is 0 Å². The summed E-state index contributed by atoms with van der Waals surface area (Å²) in [4.78, 5) is 5.22. The van der Waals surface area contributed by atoms with Crippen LogP contribution >= 0.6 is 0 Å². The first kappa shape index (κ1) is 16.3. The minimum atomic E-state index is 0.555. The summed E-state index contributed by atoms with van der Waals surface area (Å²) in [7, 11) is 2.25. The molecule has 0 aromatic heterocycles. The van der Waals surface area contributed by atoms with Crippen molar-refractivity contribution in [1.29, 1.82) is 0 Å². The summed E-state index contributed by atoms with van der Waals surface area (Å²) in [6, 6.07) is 0.719. The molecule has 2 aliphatic rings. The summed E-state index contributed by atoms with van der Waals surface area (Å²) < 4.78 is 0. The third kappa shape index (κ3) is 4.44. The van der Waals surface area contributed by atoms with Crippen LogP contribution in [0.15, 0.2) is 0 Å². The molecule has 1 heterocycles. The van der Waals surface area contributed by atoms with E-state index in [1.165, 1.54) is 65.0 Å². The van der Waals surface area contributed by atoms with Crippen LogP contribution in [-0.4, -0.2) is 62.2 Å². The highest BCUT2D eigenvalue weighted by atomic mass is 15.3. The zero-order valence-corrected chi connectivity index (χ0v) is 14.1. The Morgan fingerprint density at radius 1 is 1.20 bits per heavy atom. The molecule has 0 bridgehead atoms. The fourth-order valence-electron chi connectivity index (χ4n) is 3.98. The molecule has 0 radical (unpaired) electrons. The first-order valence-corrected chi connectivity index (χ1v) is 8.64. The molecule has 1 aliphatic heterocycles. The van der Waals surface area contributed by atoms with Crippen molar-refractivity contribution in [3.05, 3.63) is 0 Å². The van der Waals surface area contributed by atoms with Gasteiger partial charge in [-0.05, 0) is 44.7 Å². The Morgan fingerprint density at radius 2 is 1.90 bits per heavy atom. The number of nitrogens with zero attached hydrogens (tertiary/aromatic N) is 2. The molecular weight excluding hydrogens is 246 g/mol. The predicted octanol–water partition coefficient (Wildman–Crippen LogP) is 2.43. The van der Waals surface area contributed by atoms with Gasteiger partial charge in [0.05, 0.1) is 0 Å². The Kier molecular flexibility index (Phi) is 5.88. The molecule has 1 saturated heterocycles. The predicted molar refractivity (Wildman–Crippen MR) is 87.1 cm³/mol. The van der Waals surface area contributed by atoms with E-state index in [9.17, 15) is 0 Å². The quantitative estimate of drug-likeness (QED) is 0.807. The van der Waals surface area contributed by atoms with E-state index in [1.807, 2.05) is 0 Å². The van der Waals surface area contributed by atoms with E-state index in [1.54, 1.807) is 0 Å². The minimum Gasteiger partial charge on any atom is -0.316 e. The maximum atomic E-state index is 3.74. The van der Waals surface area contributed by atoms with Gasteiger partial charge in [-0.2, -0.15) is 0 Å². The highest BCUT2D eigenvalue weighted by Gasteiger charge is 2.37. The van der Waals surface area contributed by atoms with E-state index in [0.29, 0.717) is 5.41 Å². The van der Waals surface area contributed by atoms with Crippen molar-refractivity contribution in [2.75, 3.05) is 46.3 Å². The van der Waals surface area contributed by atoms with E-state index in [0.717, 1.165) is 12.0 Å². The monoisotopic (exact) mass is 281 g/mol. The number of hydrogen-bond acceptors (Lipinski definition) is 3. The molecule has 3 nitrogen and oxygen atoms in total. The van der Waals surface area contributed by atoms with Crippen LogP contribution in [0.1, 0.15) is 46.5 Å². The van der Waals surface area contributed by atoms with Gasteiger partial charge in [0, 0.05) is 38.8 Å².